The molecule has 1 N–H and O–H groups in total. The van der Waals surface area contributed by atoms with Crippen LogP contribution in [0.2, 0.25) is 0 Å². The van der Waals surface area contributed by atoms with Gasteiger partial charge in [0.05, 0.1) is 12.3 Å². The van der Waals surface area contributed by atoms with Crippen LogP contribution in [0.15, 0.2) is 60.8 Å². The summed E-state index contributed by atoms with van der Waals surface area (Å²) in [4.78, 5) is 23.8. The zero-order valence-electron chi connectivity index (χ0n) is 16.4. The molecule has 1 aromatic heterocycles. The third-order valence-corrected chi connectivity index (χ3v) is 4.19. The molecule has 29 heavy (non-hydrogen) atoms. The van der Waals surface area contributed by atoms with E-state index in [-0.39, 0.29) is 18.2 Å². The zero-order valence-corrected chi connectivity index (χ0v) is 16.4. The van der Waals surface area contributed by atoms with Crippen LogP contribution in [-0.4, -0.2) is 34.9 Å². The van der Waals surface area contributed by atoms with Crippen LogP contribution in [0, 0.1) is 0 Å². The van der Waals surface area contributed by atoms with Gasteiger partial charge in [0.2, 0.25) is 0 Å². The zero-order chi connectivity index (χ0) is 20.6. The van der Waals surface area contributed by atoms with Crippen molar-refractivity contribution < 1.29 is 19.1 Å². The molecule has 0 saturated carbocycles. The Bertz CT molecular complexity index is 962. The van der Waals surface area contributed by atoms with Gasteiger partial charge in [-0.3, -0.25) is 4.79 Å². The Kier molecular flexibility index (Phi) is 6.63. The van der Waals surface area contributed by atoms with Crippen LogP contribution < -0.4 is 10.1 Å². The number of carbonyl (C=O) groups excluding carboxylic acids is 2. The fourth-order valence-corrected chi connectivity index (χ4v) is 2.65. The van der Waals surface area contributed by atoms with Crippen LogP contribution >= 0.6 is 0 Å². The first kappa shape index (κ1) is 20.1. The molecule has 0 aliphatic heterocycles. The van der Waals surface area contributed by atoms with E-state index >= 15 is 0 Å². The van der Waals surface area contributed by atoms with E-state index in [1.54, 1.807) is 48.1 Å². The highest BCUT2D eigenvalue weighted by Crippen LogP contribution is 2.15. The number of amides is 1. The molecule has 2 aromatic carbocycles. The number of hydrogen-bond donors (Lipinski definition) is 1. The van der Waals surface area contributed by atoms with E-state index in [2.05, 4.69) is 17.3 Å². The predicted molar refractivity (Wildman–Crippen MR) is 109 cm³/mol. The lowest BCUT2D eigenvalue weighted by Gasteiger charge is -2.09. The summed E-state index contributed by atoms with van der Waals surface area (Å²) in [5.41, 5.74) is 2.86. The van der Waals surface area contributed by atoms with Gasteiger partial charge in [-0.2, -0.15) is 5.10 Å². The van der Waals surface area contributed by atoms with E-state index in [9.17, 15) is 9.59 Å². The summed E-state index contributed by atoms with van der Waals surface area (Å²) in [6.45, 7) is 4.05. The van der Waals surface area contributed by atoms with Gasteiger partial charge in [-0.05, 0) is 61.4 Å². The number of nitrogens with one attached hydrogen (secondary N) is 1. The molecule has 0 saturated heterocycles. The average Bonchev–Trinajstić information content (AvgIpc) is 3.24. The number of nitrogens with zero attached hydrogens (tertiary/aromatic N) is 2. The smallest absolute Gasteiger partial charge is 0.358 e. The number of benzene rings is 2. The second kappa shape index (κ2) is 9.54. The molecule has 0 fully saturated rings. The summed E-state index contributed by atoms with van der Waals surface area (Å²) < 4.78 is 12.0. The van der Waals surface area contributed by atoms with E-state index in [0.29, 0.717) is 18.0 Å². The Morgan fingerprint density at radius 2 is 1.72 bits per heavy atom. The van der Waals surface area contributed by atoms with E-state index in [0.717, 1.165) is 12.1 Å². The van der Waals surface area contributed by atoms with Crippen LogP contribution in [0.4, 0.5) is 5.69 Å². The van der Waals surface area contributed by atoms with Crippen molar-refractivity contribution in [1.29, 1.82) is 0 Å². The highest BCUT2D eigenvalue weighted by molar-refractivity contribution is 5.92. The SMILES string of the molecule is CCOC(=O)c1ccn(-c2ccc(NC(=O)COc3ccc(CC)cc3)cc2)n1. The first-order valence-electron chi connectivity index (χ1n) is 9.44. The van der Waals surface area contributed by atoms with Gasteiger partial charge < -0.3 is 14.8 Å². The molecule has 0 aliphatic carbocycles. The molecule has 1 amide bonds. The summed E-state index contributed by atoms with van der Waals surface area (Å²) in [7, 11) is 0. The van der Waals surface area contributed by atoms with Crippen molar-refractivity contribution in [3.63, 3.8) is 0 Å². The number of aryl methyl sites for hydroxylation is 1. The Morgan fingerprint density at radius 3 is 2.38 bits per heavy atom. The van der Waals surface area contributed by atoms with Gasteiger partial charge in [-0.25, -0.2) is 9.48 Å². The van der Waals surface area contributed by atoms with Crippen molar-refractivity contribution in [3.05, 3.63) is 72.1 Å². The highest BCUT2D eigenvalue weighted by atomic mass is 16.5. The summed E-state index contributed by atoms with van der Waals surface area (Å²) in [6, 6.07) is 16.4. The minimum absolute atomic E-state index is 0.0741. The van der Waals surface area contributed by atoms with Crippen molar-refractivity contribution >= 4 is 17.6 Å². The van der Waals surface area contributed by atoms with Gasteiger partial charge in [0.15, 0.2) is 12.3 Å². The number of rotatable bonds is 8. The largest absolute Gasteiger partial charge is 0.484 e. The molecule has 3 rings (SSSR count). The fourth-order valence-electron chi connectivity index (χ4n) is 2.65. The van der Waals surface area contributed by atoms with Gasteiger partial charge in [0, 0.05) is 11.9 Å². The van der Waals surface area contributed by atoms with E-state index in [1.165, 1.54) is 5.56 Å². The molecule has 0 radical (unpaired) electrons. The summed E-state index contributed by atoms with van der Waals surface area (Å²) in [6.07, 6.45) is 2.64. The molecule has 150 valence electrons. The van der Waals surface area contributed by atoms with Crippen molar-refractivity contribution in [1.82, 2.24) is 9.78 Å². The summed E-state index contributed by atoms with van der Waals surface area (Å²) in [5.74, 6) is -0.0516. The maximum absolute atomic E-state index is 12.1. The Balaban J connectivity index is 1.54. The third kappa shape index (κ3) is 5.44. The standard InChI is InChI=1S/C22H23N3O4/c1-3-16-5-11-19(12-6-16)29-15-21(26)23-17-7-9-18(10-8-17)25-14-13-20(24-25)22(27)28-4-2/h5-14H,3-4,15H2,1-2H3,(H,23,26). The van der Waals surface area contributed by atoms with Crippen LogP contribution in [0.1, 0.15) is 29.9 Å². The molecule has 7 nitrogen and oxygen atoms in total. The number of esters is 1. The minimum Gasteiger partial charge on any atom is -0.484 e. The molecule has 7 heteroatoms. The second-order valence-electron chi connectivity index (χ2n) is 6.25. The molecular weight excluding hydrogens is 370 g/mol. The van der Waals surface area contributed by atoms with Crippen LogP contribution in [0.25, 0.3) is 5.69 Å². The maximum Gasteiger partial charge on any atom is 0.358 e. The van der Waals surface area contributed by atoms with Crippen LogP contribution in [0.5, 0.6) is 5.75 Å². The van der Waals surface area contributed by atoms with Gasteiger partial charge >= 0.3 is 5.97 Å². The Hall–Kier alpha value is -3.61. The molecule has 0 spiro atoms. The number of aromatic nitrogens is 2. The Labute approximate surface area is 169 Å². The van der Waals surface area contributed by atoms with Crippen molar-refractivity contribution in [2.75, 3.05) is 18.5 Å². The quantitative estimate of drug-likeness (QED) is 0.591. The van der Waals surface area contributed by atoms with Crippen molar-refractivity contribution in [2.24, 2.45) is 0 Å². The number of anilines is 1. The molecular formula is C22H23N3O4. The fraction of sp³-hybridized carbons (Fsp3) is 0.227. The first-order valence-corrected chi connectivity index (χ1v) is 9.44. The lowest BCUT2D eigenvalue weighted by atomic mass is 10.2. The third-order valence-electron chi connectivity index (χ3n) is 4.19. The average molecular weight is 393 g/mol. The Morgan fingerprint density at radius 1 is 1.00 bits per heavy atom. The van der Waals surface area contributed by atoms with Gasteiger partial charge in [-0.1, -0.05) is 19.1 Å². The number of ether oxygens (including phenoxy) is 2. The lowest BCUT2D eigenvalue weighted by Crippen LogP contribution is -2.20. The van der Waals surface area contributed by atoms with Crippen molar-refractivity contribution in [2.45, 2.75) is 20.3 Å². The molecule has 1 heterocycles. The van der Waals surface area contributed by atoms with Gasteiger partial charge in [-0.15, -0.1) is 0 Å². The number of carbonyl (C=O) groups is 2. The van der Waals surface area contributed by atoms with Crippen LogP contribution in [-0.2, 0) is 16.0 Å². The van der Waals surface area contributed by atoms with Crippen molar-refractivity contribution in [3.8, 4) is 11.4 Å². The normalized spacial score (nSPS) is 10.4. The molecule has 3 aromatic rings. The summed E-state index contributed by atoms with van der Waals surface area (Å²) in [5, 5.41) is 6.99. The minimum atomic E-state index is -0.459. The van der Waals surface area contributed by atoms with E-state index in [1.807, 2.05) is 24.3 Å². The highest BCUT2D eigenvalue weighted by Gasteiger charge is 2.11. The molecule has 0 unspecified atom stereocenters. The van der Waals surface area contributed by atoms with E-state index < -0.39 is 5.97 Å². The number of hydrogen-bond acceptors (Lipinski definition) is 5. The predicted octanol–water partition coefficient (Wildman–Crippen LogP) is 3.63. The summed E-state index contributed by atoms with van der Waals surface area (Å²) >= 11 is 0. The molecule has 0 atom stereocenters. The van der Waals surface area contributed by atoms with Gasteiger partial charge in [0.1, 0.15) is 5.75 Å². The first-order chi connectivity index (χ1) is 14.1. The maximum atomic E-state index is 12.1. The van der Waals surface area contributed by atoms with Crippen LogP contribution in [0.3, 0.4) is 0 Å². The molecule has 0 bridgehead atoms. The molecule has 0 aliphatic rings. The topological polar surface area (TPSA) is 82.5 Å². The second-order valence-corrected chi connectivity index (χ2v) is 6.25. The van der Waals surface area contributed by atoms with E-state index in [4.69, 9.17) is 9.47 Å². The monoisotopic (exact) mass is 393 g/mol. The lowest BCUT2D eigenvalue weighted by molar-refractivity contribution is -0.118. The van der Waals surface area contributed by atoms with Gasteiger partial charge in [0.25, 0.3) is 5.91 Å².